The topological polar surface area (TPSA) is 32.8 Å². The van der Waals surface area contributed by atoms with Crippen LogP contribution in [0.1, 0.15) is 25.7 Å². The summed E-state index contributed by atoms with van der Waals surface area (Å²) in [5, 5.41) is 2.17. The van der Waals surface area contributed by atoms with E-state index in [1.54, 1.807) is 0 Å². The van der Waals surface area contributed by atoms with Gasteiger partial charge in [0.1, 0.15) is 5.75 Å². The first-order chi connectivity index (χ1) is 12.1. The zero-order chi connectivity index (χ0) is 17.8. The molecule has 2 aromatic rings. The van der Waals surface area contributed by atoms with Gasteiger partial charge >= 0.3 is 0 Å². The number of fused-ring (bicyclic) bond motifs is 1. The fourth-order valence-corrected chi connectivity index (χ4v) is 3.89. The number of carbonyl (C=O) groups is 1. The van der Waals surface area contributed by atoms with E-state index < -0.39 is 0 Å². The minimum absolute atomic E-state index is 0.0479. The summed E-state index contributed by atoms with van der Waals surface area (Å²) in [5.41, 5.74) is 0. The van der Waals surface area contributed by atoms with Crippen LogP contribution in [-0.4, -0.2) is 55.5 Å². The predicted molar refractivity (Wildman–Crippen MR) is 102 cm³/mol. The highest BCUT2D eigenvalue weighted by Crippen LogP contribution is 2.27. The maximum absolute atomic E-state index is 12.7. The summed E-state index contributed by atoms with van der Waals surface area (Å²) in [4.78, 5) is 16.8. The third kappa shape index (κ3) is 3.96. The molecule has 4 heteroatoms. The van der Waals surface area contributed by atoms with Gasteiger partial charge in [0.25, 0.3) is 5.91 Å². The summed E-state index contributed by atoms with van der Waals surface area (Å²) >= 11 is 0. The third-order valence-electron chi connectivity index (χ3n) is 5.35. The highest BCUT2D eigenvalue weighted by molar-refractivity contribution is 5.88. The van der Waals surface area contributed by atoms with Gasteiger partial charge in [0.15, 0.2) is 6.61 Å². The van der Waals surface area contributed by atoms with Crippen molar-refractivity contribution in [1.29, 1.82) is 0 Å². The van der Waals surface area contributed by atoms with Crippen LogP contribution >= 0.6 is 0 Å². The van der Waals surface area contributed by atoms with E-state index in [2.05, 4.69) is 31.1 Å². The van der Waals surface area contributed by atoms with Crippen molar-refractivity contribution in [2.45, 2.75) is 37.8 Å². The molecule has 2 atom stereocenters. The van der Waals surface area contributed by atoms with Crippen LogP contribution in [0.4, 0.5) is 0 Å². The zero-order valence-electron chi connectivity index (χ0n) is 15.4. The molecule has 0 N–H and O–H groups in total. The van der Waals surface area contributed by atoms with Crippen molar-refractivity contribution in [2.24, 2.45) is 0 Å². The second-order valence-electron chi connectivity index (χ2n) is 7.15. The van der Waals surface area contributed by atoms with Gasteiger partial charge in [-0.3, -0.25) is 4.79 Å². The molecule has 3 rings (SSSR count). The number of amides is 1. The number of ether oxygens (including phenoxy) is 1. The predicted octanol–water partition coefficient (Wildman–Crippen LogP) is 3.55. The first-order valence-electron chi connectivity index (χ1n) is 9.10. The van der Waals surface area contributed by atoms with Crippen molar-refractivity contribution < 1.29 is 9.53 Å². The first kappa shape index (κ1) is 17.7. The van der Waals surface area contributed by atoms with Crippen molar-refractivity contribution in [3.05, 3.63) is 42.5 Å². The molecule has 0 aliphatic heterocycles. The molecule has 2 aromatic carbocycles. The lowest BCUT2D eigenvalue weighted by Gasteiger charge is -2.41. The second-order valence-corrected chi connectivity index (χ2v) is 7.15. The highest BCUT2D eigenvalue weighted by atomic mass is 16.5. The van der Waals surface area contributed by atoms with Gasteiger partial charge in [0, 0.05) is 24.5 Å². The van der Waals surface area contributed by atoms with Crippen molar-refractivity contribution in [1.82, 2.24) is 9.80 Å². The number of carbonyl (C=O) groups excluding carboxylic acids is 1. The summed E-state index contributed by atoms with van der Waals surface area (Å²) in [5.74, 6) is 0.819. The van der Waals surface area contributed by atoms with Gasteiger partial charge in [-0.05, 0) is 38.4 Å². The van der Waals surface area contributed by atoms with Gasteiger partial charge in [-0.15, -0.1) is 0 Å². The summed E-state index contributed by atoms with van der Waals surface area (Å²) < 4.78 is 5.88. The first-order valence-corrected chi connectivity index (χ1v) is 9.10. The molecule has 1 aliphatic rings. The Hall–Kier alpha value is -2.07. The standard InChI is InChI=1S/C21H28N2O2/c1-22(2)18-12-6-7-13-19(18)23(3)21(24)15-25-20-14-8-10-16-9-4-5-11-17(16)20/h4-5,8-11,14,18-19H,6-7,12-13,15H2,1-3H3/t18-,19-/m1/s1. The normalized spacial score (nSPS) is 20.6. The Bertz CT molecular complexity index is 723. The summed E-state index contributed by atoms with van der Waals surface area (Å²) in [6.07, 6.45) is 4.66. The summed E-state index contributed by atoms with van der Waals surface area (Å²) in [6, 6.07) is 14.7. The third-order valence-corrected chi connectivity index (χ3v) is 5.35. The molecule has 0 heterocycles. The van der Waals surface area contributed by atoms with Crippen LogP contribution in [0.2, 0.25) is 0 Å². The van der Waals surface area contributed by atoms with Gasteiger partial charge in [-0.2, -0.15) is 0 Å². The van der Waals surface area contributed by atoms with Crippen LogP contribution in [0.5, 0.6) is 5.75 Å². The van der Waals surface area contributed by atoms with Crippen LogP contribution in [0.3, 0.4) is 0 Å². The smallest absolute Gasteiger partial charge is 0.260 e. The number of hydrogen-bond donors (Lipinski definition) is 0. The van der Waals surface area contributed by atoms with Crippen LogP contribution < -0.4 is 4.74 Å². The van der Waals surface area contributed by atoms with Gasteiger partial charge in [-0.25, -0.2) is 0 Å². The zero-order valence-corrected chi connectivity index (χ0v) is 15.4. The molecule has 0 spiro atoms. The number of benzene rings is 2. The van der Waals surface area contributed by atoms with Gasteiger partial charge in [-0.1, -0.05) is 49.2 Å². The monoisotopic (exact) mass is 340 g/mol. The maximum atomic E-state index is 12.7. The Labute approximate surface area is 150 Å². The Balaban J connectivity index is 1.67. The molecule has 0 unspecified atom stereocenters. The van der Waals surface area contributed by atoms with Crippen molar-refractivity contribution >= 4 is 16.7 Å². The molecule has 0 radical (unpaired) electrons. The molecule has 134 valence electrons. The van der Waals surface area contributed by atoms with Gasteiger partial charge in [0.2, 0.25) is 0 Å². The Morgan fingerprint density at radius 2 is 1.68 bits per heavy atom. The van der Waals surface area contributed by atoms with E-state index in [0.717, 1.165) is 29.4 Å². The van der Waals surface area contributed by atoms with Crippen molar-refractivity contribution in [3.63, 3.8) is 0 Å². The maximum Gasteiger partial charge on any atom is 0.260 e. The molecular formula is C21H28N2O2. The molecule has 0 aromatic heterocycles. The van der Waals surface area contributed by atoms with Gasteiger partial charge < -0.3 is 14.5 Å². The van der Waals surface area contributed by atoms with Gasteiger partial charge in [0.05, 0.1) is 0 Å². The van der Waals surface area contributed by atoms with Crippen LogP contribution in [0, 0.1) is 0 Å². The highest BCUT2D eigenvalue weighted by Gasteiger charge is 2.32. The number of nitrogens with zero attached hydrogens (tertiary/aromatic N) is 2. The fraction of sp³-hybridized carbons (Fsp3) is 0.476. The minimum atomic E-state index is 0.0479. The van der Waals surface area contributed by atoms with E-state index in [9.17, 15) is 4.79 Å². The lowest BCUT2D eigenvalue weighted by molar-refractivity contribution is -0.136. The van der Waals surface area contributed by atoms with E-state index in [1.165, 1.54) is 12.8 Å². The summed E-state index contributed by atoms with van der Waals surface area (Å²) in [7, 11) is 6.13. The Morgan fingerprint density at radius 3 is 2.44 bits per heavy atom. The number of likely N-dealkylation sites (N-methyl/N-ethyl adjacent to an activating group) is 2. The lowest BCUT2D eigenvalue weighted by atomic mass is 9.88. The van der Waals surface area contributed by atoms with E-state index >= 15 is 0 Å². The summed E-state index contributed by atoms with van der Waals surface area (Å²) in [6.45, 7) is 0.0845. The van der Waals surface area contributed by atoms with Crippen molar-refractivity contribution in [3.8, 4) is 5.75 Å². The SMILES string of the molecule is CN(C)[C@@H]1CCCC[C@H]1N(C)C(=O)COc1cccc2ccccc12. The van der Waals surface area contributed by atoms with E-state index in [1.807, 2.05) is 42.3 Å². The molecular weight excluding hydrogens is 312 g/mol. The van der Waals surface area contributed by atoms with E-state index in [0.29, 0.717) is 6.04 Å². The lowest BCUT2D eigenvalue weighted by Crippen LogP contribution is -2.52. The number of rotatable bonds is 5. The Morgan fingerprint density at radius 1 is 1.00 bits per heavy atom. The van der Waals surface area contributed by atoms with Crippen LogP contribution in [0.15, 0.2) is 42.5 Å². The quantitative estimate of drug-likeness (QED) is 0.834. The molecule has 4 nitrogen and oxygen atoms in total. The molecule has 1 fully saturated rings. The largest absolute Gasteiger partial charge is 0.483 e. The molecule has 0 saturated heterocycles. The molecule has 0 bridgehead atoms. The van der Waals surface area contributed by atoms with E-state index in [-0.39, 0.29) is 18.6 Å². The average molecular weight is 340 g/mol. The molecule has 1 aliphatic carbocycles. The number of hydrogen-bond acceptors (Lipinski definition) is 3. The van der Waals surface area contributed by atoms with Crippen molar-refractivity contribution in [2.75, 3.05) is 27.7 Å². The Kier molecular flexibility index (Phi) is 5.59. The molecule has 25 heavy (non-hydrogen) atoms. The molecule has 1 saturated carbocycles. The average Bonchev–Trinajstić information content (AvgIpc) is 2.65. The second kappa shape index (κ2) is 7.87. The molecule has 1 amide bonds. The minimum Gasteiger partial charge on any atom is -0.483 e. The van der Waals surface area contributed by atoms with Crippen LogP contribution in [-0.2, 0) is 4.79 Å². The van der Waals surface area contributed by atoms with E-state index in [4.69, 9.17) is 4.74 Å². The fourth-order valence-electron chi connectivity index (χ4n) is 3.89. The van der Waals surface area contributed by atoms with Crippen LogP contribution in [0.25, 0.3) is 10.8 Å².